The van der Waals surface area contributed by atoms with E-state index in [9.17, 15) is 0 Å². The van der Waals surface area contributed by atoms with Gasteiger partial charge in [-0.05, 0) is 31.0 Å². The highest BCUT2D eigenvalue weighted by Crippen LogP contribution is 2.30. The fourth-order valence-corrected chi connectivity index (χ4v) is 2.94. The summed E-state index contributed by atoms with van der Waals surface area (Å²) < 4.78 is 0. The SMILES string of the molecule is N#Cc1ccc(N2CCCC(c3ncc[nH]3)C2)cc1Cl. The minimum Gasteiger partial charge on any atom is -0.371 e. The van der Waals surface area contributed by atoms with Crippen LogP contribution in [0.5, 0.6) is 0 Å². The van der Waals surface area contributed by atoms with Crippen molar-refractivity contribution in [2.24, 2.45) is 0 Å². The molecule has 20 heavy (non-hydrogen) atoms. The summed E-state index contributed by atoms with van der Waals surface area (Å²) in [4.78, 5) is 9.87. The van der Waals surface area contributed by atoms with E-state index >= 15 is 0 Å². The molecule has 1 fully saturated rings. The lowest BCUT2D eigenvalue weighted by Gasteiger charge is -2.33. The lowest BCUT2D eigenvalue weighted by Crippen LogP contribution is -2.34. The molecule has 0 radical (unpaired) electrons. The number of hydrogen-bond acceptors (Lipinski definition) is 3. The van der Waals surface area contributed by atoms with Crippen LogP contribution in [-0.2, 0) is 0 Å². The van der Waals surface area contributed by atoms with Gasteiger partial charge in [0.2, 0.25) is 0 Å². The largest absolute Gasteiger partial charge is 0.371 e. The third-order valence-electron chi connectivity index (χ3n) is 3.77. The van der Waals surface area contributed by atoms with Crippen molar-refractivity contribution in [3.05, 3.63) is 47.0 Å². The van der Waals surface area contributed by atoms with E-state index in [2.05, 4.69) is 20.9 Å². The number of imidazole rings is 1. The Morgan fingerprint density at radius 1 is 1.45 bits per heavy atom. The van der Waals surface area contributed by atoms with Gasteiger partial charge in [-0.3, -0.25) is 0 Å². The van der Waals surface area contributed by atoms with E-state index in [1.807, 2.05) is 18.3 Å². The summed E-state index contributed by atoms with van der Waals surface area (Å²) in [6, 6.07) is 7.72. The Bertz CT molecular complexity index is 630. The van der Waals surface area contributed by atoms with E-state index in [1.165, 1.54) is 0 Å². The number of H-pyrrole nitrogens is 1. The van der Waals surface area contributed by atoms with Crippen LogP contribution in [0.1, 0.15) is 30.1 Å². The Balaban J connectivity index is 1.80. The maximum atomic E-state index is 8.93. The molecule has 0 aliphatic carbocycles. The molecule has 2 heterocycles. The number of anilines is 1. The van der Waals surface area contributed by atoms with Gasteiger partial charge < -0.3 is 9.88 Å². The standard InChI is InChI=1S/C15H15ClN4/c16-14-8-13(4-3-11(14)9-17)20-7-1-2-12(10-20)15-18-5-6-19-15/h3-6,8,12H,1-2,7,10H2,(H,18,19). The molecule has 5 heteroatoms. The van der Waals surface area contributed by atoms with Gasteiger partial charge in [-0.15, -0.1) is 0 Å². The van der Waals surface area contributed by atoms with Crippen LogP contribution in [0.25, 0.3) is 0 Å². The van der Waals surface area contributed by atoms with Crippen molar-refractivity contribution in [1.29, 1.82) is 5.26 Å². The maximum absolute atomic E-state index is 8.93. The van der Waals surface area contributed by atoms with Crippen molar-refractivity contribution in [1.82, 2.24) is 9.97 Å². The summed E-state index contributed by atoms with van der Waals surface area (Å²) in [5, 5.41) is 9.44. The van der Waals surface area contributed by atoms with E-state index in [1.54, 1.807) is 12.3 Å². The molecule has 3 rings (SSSR count). The number of rotatable bonds is 2. The van der Waals surface area contributed by atoms with Gasteiger partial charge in [0.05, 0.1) is 10.6 Å². The summed E-state index contributed by atoms with van der Waals surface area (Å²) in [7, 11) is 0. The number of aromatic nitrogens is 2. The fraction of sp³-hybridized carbons (Fsp3) is 0.333. The van der Waals surface area contributed by atoms with Gasteiger partial charge in [0.15, 0.2) is 0 Å². The molecule has 0 bridgehead atoms. The number of halogens is 1. The molecule has 1 aliphatic heterocycles. The fourth-order valence-electron chi connectivity index (χ4n) is 2.73. The first kappa shape index (κ1) is 13.0. The highest BCUT2D eigenvalue weighted by atomic mass is 35.5. The van der Waals surface area contributed by atoms with Crippen LogP contribution >= 0.6 is 11.6 Å². The summed E-state index contributed by atoms with van der Waals surface area (Å²) in [5.41, 5.74) is 1.60. The van der Waals surface area contributed by atoms with Gasteiger partial charge in [-0.25, -0.2) is 4.98 Å². The number of nitrogens with one attached hydrogen (secondary N) is 1. The molecule has 1 unspecified atom stereocenters. The van der Waals surface area contributed by atoms with Crippen molar-refractivity contribution in [2.45, 2.75) is 18.8 Å². The summed E-state index contributed by atoms with van der Waals surface area (Å²) in [6.07, 6.45) is 5.94. The van der Waals surface area contributed by atoms with E-state index in [0.29, 0.717) is 16.5 Å². The van der Waals surface area contributed by atoms with Crippen molar-refractivity contribution >= 4 is 17.3 Å². The normalized spacial score (nSPS) is 18.8. The van der Waals surface area contributed by atoms with Crippen LogP contribution in [0.4, 0.5) is 5.69 Å². The van der Waals surface area contributed by atoms with Gasteiger partial charge in [0, 0.05) is 37.1 Å². The van der Waals surface area contributed by atoms with Gasteiger partial charge >= 0.3 is 0 Å². The third kappa shape index (κ3) is 2.50. The number of benzene rings is 1. The molecule has 102 valence electrons. The average molecular weight is 287 g/mol. The molecule has 1 aromatic heterocycles. The van der Waals surface area contributed by atoms with Crippen LogP contribution in [0.3, 0.4) is 0 Å². The van der Waals surface area contributed by atoms with Gasteiger partial charge in [-0.1, -0.05) is 11.6 Å². The zero-order valence-electron chi connectivity index (χ0n) is 11.0. The van der Waals surface area contributed by atoms with Crippen molar-refractivity contribution in [3.63, 3.8) is 0 Å². The first-order chi connectivity index (χ1) is 9.78. The van der Waals surface area contributed by atoms with Gasteiger partial charge in [0.1, 0.15) is 11.9 Å². The topological polar surface area (TPSA) is 55.7 Å². The Kier molecular flexibility index (Phi) is 3.62. The zero-order valence-corrected chi connectivity index (χ0v) is 11.8. The zero-order chi connectivity index (χ0) is 13.9. The Morgan fingerprint density at radius 3 is 3.05 bits per heavy atom. The highest BCUT2D eigenvalue weighted by Gasteiger charge is 2.23. The number of nitriles is 1. The second-order valence-corrected chi connectivity index (χ2v) is 5.44. The monoisotopic (exact) mass is 286 g/mol. The molecule has 1 aliphatic rings. The Hall–Kier alpha value is -1.99. The minimum atomic E-state index is 0.424. The molecule has 1 atom stereocenters. The Morgan fingerprint density at radius 2 is 2.35 bits per heavy atom. The molecule has 0 spiro atoms. The number of nitrogens with zero attached hydrogens (tertiary/aromatic N) is 3. The minimum absolute atomic E-state index is 0.424. The molecular formula is C15H15ClN4. The number of aromatic amines is 1. The van der Waals surface area contributed by atoms with Crippen LogP contribution < -0.4 is 4.90 Å². The maximum Gasteiger partial charge on any atom is 0.110 e. The van der Waals surface area contributed by atoms with Crippen molar-refractivity contribution in [2.75, 3.05) is 18.0 Å². The lowest BCUT2D eigenvalue weighted by atomic mass is 9.97. The number of hydrogen-bond donors (Lipinski definition) is 1. The quantitative estimate of drug-likeness (QED) is 0.921. The second kappa shape index (κ2) is 5.56. The summed E-state index contributed by atoms with van der Waals surface area (Å²) in [5.74, 6) is 1.47. The highest BCUT2D eigenvalue weighted by molar-refractivity contribution is 6.32. The molecule has 1 aromatic carbocycles. The van der Waals surface area contributed by atoms with E-state index in [-0.39, 0.29) is 0 Å². The summed E-state index contributed by atoms with van der Waals surface area (Å²) in [6.45, 7) is 1.94. The molecule has 0 amide bonds. The van der Waals surface area contributed by atoms with Crippen molar-refractivity contribution < 1.29 is 0 Å². The summed E-state index contributed by atoms with van der Waals surface area (Å²) >= 11 is 6.12. The van der Waals surface area contributed by atoms with E-state index in [4.69, 9.17) is 16.9 Å². The molecular weight excluding hydrogens is 272 g/mol. The Labute approximate surface area is 123 Å². The lowest BCUT2D eigenvalue weighted by molar-refractivity contribution is 0.494. The van der Waals surface area contributed by atoms with Crippen LogP contribution in [-0.4, -0.2) is 23.1 Å². The van der Waals surface area contributed by atoms with E-state index in [0.717, 1.165) is 37.4 Å². The second-order valence-electron chi connectivity index (χ2n) is 5.04. The first-order valence-corrected chi connectivity index (χ1v) is 7.09. The van der Waals surface area contributed by atoms with Crippen molar-refractivity contribution in [3.8, 4) is 6.07 Å². The third-order valence-corrected chi connectivity index (χ3v) is 4.08. The van der Waals surface area contributed by atoms with Gasteiger partial charge in [0.25, 0.3) is 0 Å². The molecule has 2 aromatic rings. The predicted octanol–water partition coefficient (Wildman–Crippen LogP) is 3.32. The van der Waals surface area contributed by atoms with Gasteiger partial charge in [-0.2, -0.15) is 5.26 Å². The number of piperidine rings is 1. The molecule has 1 saturated heterocycles. The molecule has 0 saturated carbocycles. The van der Waals surface area contributed by atoms with Crippen LogP contribution in [0, 0.1) is 11.3 Å². The predicted molar refractivity (Wildman–Crippen MR) is 78.9 cm³/mol. The van der Waals surface area contributed by atoms with Crippen LogP contribution in [0.15, 0.2) is 30.6 Å². The first-order valence-electron chi connectivity index (χ1n) is 6.72. The average Bonchev–Trinajstić information content (AvgIpc) is 3.01. The smallest absolute Gasteiger partial charge is 0.110 e. The molecule has 1 N–H and O–H groups in total. The van der Waals surface area contributed by atoms with E-state index < -0.39 is 0 Å². The molecule has 4 nitrogen and oxygen atoms in total. The van der Waals surface area contributed by atoms with Crippen LogP contribution in [0.2, 0.25) is 5.02 Å².